The van der Waals surface area contributed by atoms with Gasteiger partial charge in [0.2, 0.25) is 0 Å². The number of carbonyl (C=O) groups is 1. The summed E-state index contributed by atoms with van der Waals surface area (Å²) < 4.78 is 53.0. The second kappa shape index (κ2) is 7.68. The molecule has 1 saturated carbocycles. The van der Waals surface area contributed by atoms with E-state index in [9.17, 15) is 18.0 Å². The van der Waals surface area contributed by atoms with Crippen LogP contribution in [0.3, 0.4) is 0 Å². The molecule has 0 amide bonds. The van der Waals surface area contributed by atoms with Crippen molar-refractivity contribution in [3.05, 3.63) is 70.8 Å². The van der Waals surface area contributed by atoms with Gasteiger partial charge in [-0.1, -0.05) is 58.8 Å². The Labute approximate surface area is 192 Å². The van der Waals surface area contributed by atoms with E-state index in [0.29, 0.717) is 36.9 Å². The summed E-state index contributed by atoms with van der Waals surface area (Å²) in [6.45, 7) is 0. The maximum atomic E-state index is 14.1. The van der Waals surface area contributed by atoms with Gasteiger partial charge in [0, 0.05) is 29.5 Å². The van der Waals surface area contributed by atoms with E-state index in [2.05, 4.69) is 16.4 Å². The van der Waals surface area contributed by atoms with Crippen LogP contribution in [-0.2, 0) is 23.8 Å². The molecular formula is C26H19F3N2O3. The quantitative estimate of drug-likeness (QED) is 0.341. The summed E-state index contributed by atoms with van der Waals surface area (Å²) in [5.74, 6) is 0.159. The van der Waals surface area contributed by atoms with Crippen LogP contribution in [0.4, 0.5) is 13.2 Å². The number of benzene rings is 2. The standard InChI is InChI=1S/C26H19F3N2O3/c27-26(28,29)21-23(31-33-24(21)14-4-2-1-3-5-14)25-20-11-8-17-12-15(16-6-9-18(32)13-16)7-10-19(17)22(20)30-34-25/h1-5,7,10,12,16H,6,8-9,11,13H2. The molecule has 1 fully saturated rings. The number of nitrogens with zero attached hydrogens (tertiary/aromatic N) is 2. The Morgan fingerprint density at radius 2 is 1.65 bits per heavy atom. The highest BCUT2D eigenvalue weighted by Crippen LogP contribution is 2.47. The number of hydrogen-bond donors (Lipinski definition) is 0. The lowest BCUT2D eigenvalue weighted by Crippen LogP contribution is -2.09. The number of fused-ring (bicyclic) bond motifs is 3. The molecule has 1 atom stereocenters. The third-order valence-corrected chi connectivity index (χ3v) is 6.76. The molecule has 0 radical (unpaired) electrons. The van der Waals surface area contributed by atoms with Crippen molar-refractivity contribution in [2.75, 3.05) is 0 Å². The van der Waals surface area contributed by atoms with E-state index in [1.165, 1.54) is 0 Å². The van der Waals surface area contributed by atoms with E-state index in [-0.39, 0.29) is 34.5 Å². The summed E-state index contributed by atoms with van der Waals surface area (Å²) in [7, 11) is 0. The summed E-state index contributed by atoms with van der Waals surface area (Å²) in [6.07, 6.45) is -1.56. The van der Waals surface area contributed by atoms with Crippen LogP contribution in [0.15, 0.2) is 57.6 Å². The smallest absolute Gasteiger partial charge is 0.355 e. The van der Waals surface area contributed by atoms with E-state index < -0.39 is 11.7 Å². The highest BCUT2D eigenvalue weighted by Gasteiger charge is 2.43. The minimum Gasteiger partial charge on any atom is -0.355 e. The maximum Gasteiger partial charge on any atom is 0.422 e. The lowest BCUT2D eigenvalue weighted by atomic mass is 9.85. The van der Waals surface area contributed by atoms with E-state index >= 15 is 0 Å². The van der Waals surface area contributed by atoms with Crippen molar-refractivity contribution in [2.45, 2.75) is 44.2 Å². The number of rotatable bonds is 3. The van der Waals surface area contributed by atoms with Gasteiger partial charge in [0.05, 0.1) is 0 Å². The Kier molecular flexibility index (Phi) is 4.72. The average molecular weight is 464 g/mol. The van der Waals surface area contributed by atoms with E-state index in [4.69, 9.17) is 9.05 Å². The molecule has 4 aromatic rings. The van der Waals surface area contributed by atoms with Crippen molar-refractivity contribution in [2.24, 2.45) is 0 Å². The fourth-order valence-corrected chi connectivity index (χ4v) is 5.10. The van der Waals surface area contributed by atoms with Crippen molar-refractivity contribution in [1.82, 2.24) is 10.3 Å². The lowest BCUT2D eigenvalue weighted by Gasteiger charge is -2.18. The zero-order chi connectivity index (χ0) is 23.4. The molecule has 8 heteroatoms. The second-order valence-corrected chi connectivity index (χ2v) is 8.83. The molecule has 0 saturated heterocycles. The number of aryl methyl sites for hydroxylation is 1. The first-order valence-corrected chi connectivity index (χ1v) is 11.2. The SMILES string of the molecule is O=C1CCC(c2ccc3c(c2)CCc2c-3noc2-c2noc(-c3ccccc3)c2C(F)(F)F)C1. The molecule has 34 heavy (non-hydrogen) atoms. The third-order valence-electron chi connectivity index (χ3n) is 6.76. The molecule has 172 valence electrons. The number of halogens is 3. The second-order valence-electron chi connectivity index (χ2n) is 8.83. The number of ketones is 1. The average Bonchev–Trinajstić information content (AvgIpc) is 3.56. The van der Waals surface area contributed by atoms with Crippen LogP contribution >= 0.6 is 0 Å². The monoisotopic (exact) mass is 464 g/mol. The highest BCUT2D eigenvalue weighted by molar-refractivity contribution is 5.82. The molecular weight excluding hydrogens is 445 g/mol. The van der Waals surface area contributed by atoms with Crippen molar-refractivity contribution < 1.29 is 27.0 Å². The summed E-state index contributed by atoms with van der Waals surface area (Å²) in [4.78, 5) is 11.7. The molecule has 2 aromatic heterocycles. The molecule has 0 spiro atoms. The zero-order valence-corrected chi connectivity index (χ0v) is 18.0. The summed E-state index contributed by atoms with van der Waals surface area (Å²) >= 11 is 0. The van der Waals surface area contributed by atoms with Crippen molar-refractivity contribution in [3.63, 3.8) is 0 Å². The molecule has 5 nitrogen and oxygen atoms in total. The maximum absolute atomic E-state index is 14.1. The Morgan fingerprint density at radius 1 is 0.882 bits per heavy atom. The molecule has 0 N–H and O–H groups in total. The molecule has 1 unspecified atom stereocenters. The van der Waals surface area contributed by atoms with Gasteiger partial charge < -0.3 is 9.05 Å². The van der Waals surface area contributed by atoms with Crippen LogP contribution in [0.2, 0.25) is 0 Å². The van der Waals surface area contributed by atoms with Gasteiger partial charge in [0.1, 0.15) is 17.0 Å². The van der Waals surface area contributed by atoms with Crippen LogP contribution in [-0.4, -0.2) is 16.1 Å². The van der Waals surface area contributed by atoms with Crippen LogP contribution < -0.4 is 0 Å². The van der Waals surface area contributed by atoms with Crippen LogP contribution in [0, 0.1) is 0 Å². The normalized spacial score (nSPS) is 17.6. The minimum absolute atomic E-state index is 0.00984. The number of carbonyl (C=O) groups excluding carboxylic acids is 1. The fourth-order valence-electron chi connectivity index (χ4n) is 5.10. The Morgan fingerprint density at radius 3 is 2.38 bits per heavy atom. The first-order valence-electron chi connectivity index (χ1n) is 11.2. The van der Waals surface area contributed by atoms with Gasteiger partial charge in [0.25, 0.3) is 0 Å². The van der Waals surface area contributed by atoms with Crippen LogP contribution in [0.25, 0.3) is 34.0 Å². The van der Waals surface area contributed by atoms with E-state index in [1.807, 2.05) is 12.1 Å². The largest absolute Gasteiger partial charge is 0.422 e. The Hall–Kier alpha value is -3.68. The summed E-state index contributed by atoms with van der Waals surface area (Å²) in [5.41, 5.74) is 3.08. The lowest BCUT2D eigenvalue weighted by molar-refractivity contribution is -0.136. The van der Waals surface area contributed by atoms with Crippen LogP contribution in [0.5, 0.6) is 0 Å². The minimum atomic E-state index is -4.69. The number of alkyl halides is 3. The van der Waals surface area contributed by atoms with Crippen molar-refractivity contribution in [1.29, 1.82) is 0 Å². The summed E-state index contributed by atoms with van der Waals surface area (Å²) in [6, 6.07) is 14.1. The van der Waals surface area contributed by atoms with Gasteiger partial charge in [-0.15, -0.1) is 0 Å². The molecule has 0 bridgehead atoms. The number of Topliss-reactive ketones (excluding diaryl/α,β-unsaturated/α-hetero) is 1. The predicted octanol–water partition coefficient (Wildman–Crippen LogP) is 6.62. The van der Waals surface area contributed by atoms with Gasteiger partial charge >= 0.3 is 6.18 Å². The Balaban J connectivity index is 1.42. The molecule has 6 rings (SSSR count). The van der Waals surface area contributed by atoms with Gasteiger partial charge in [-0.25, -0.2) is 0 Å². The first kappa shape index (κ1) is 20.9. The van der Waals surface area contributed by atoms with Crippen LogP contribution in [0.1, 0.15) is 47.4 Å². The number of aromatic nitrogens is 2. The van der Waals surface area contributed by atoms with Gasteiger partial charge in [-0.05, 0) is 36.3 Å². The third kappa shape index (κ3) is 3.36. The van der Waals surface area contributed by atoms with Crippen molar-refractivity contribution in [3.8, 4) is 34.0 Å². The fraction of sp³-hybridized carbons (Fsp3) is 0.269. The molecule has 2 aromatic carbocycles. The highest BCUT2D eigenvalue weighted by atomic mass is 19.4. The predicted molar refractivity (Wildman–Crippen MR) is 117 cm³/mol. The molecule has 2 aliphatic rings. The topological polar surface area (TPSA) is 69.1 Å². The van der Waals surface area contributed by atoms with Crippen molar-refractivity contribution >= 4 is 5.78 Å². The van der Waals surface area contributed by atoms with E-state index in [0.717, 1.165) is 23.1 Å². The van der Waals surface area contributed by atoms with Gasteiger partial charge in [0.15, 0.2) is 17.2 Å². The zero-order valence-electron chi connectivity index (χ0n) is 18.0. The van der Waals surface area contributed by atoms with E-state index in [1.54, 1.807) is 30.3 Å². The molecule has 2 aliphatic carbocycles. The van der Waals surface area contributed by atoms with Gasteiger partial charge in [-0.3, -0.25) is 4.79 Å². The summed E-state index contributed by atoms with van der Waals surface area (Å²) in [5, 5.41) is 7.92. The molecule has 2 heterocycles. The van der Waals surface area contributed by atoms with Gasteiger partial charge in [-0.2, -0.15) is 13.2 Å². The molecule has 0 aliphatic heterocycles. The Bertz CT molecular complexity index is 1400. The number of hydrogen-bond acceptors (Lipinski definition) is 5. The first-order chi connectivity index (χ1) is 16.4.